The van der Waals surface area contributed by atoms with Crippen molar-refractivity contribution in [3.05, 3.63) is 30.3 Å². The molecule has 2 heteroatoms. The lowest BCUT2D eigenvalue weighted by Gasteiger charge is -2.21. The van der Waals surface area contributed by atoms with Crippen LogP contribution in [0.4, 0.5) is 5.69 Å². The zero-order chi connectivity index (χ0) is 14.5. The average molecular weight is 275 g/mol. The normalized spacial score (nSPS) is 10.9. The zero-order valence-electron chi connectivity index (χ0n) is 13.4. The predicted octanol–water partition coefficient (Wildman–Crippen LogP) is 5.30. The molecule has 0 unspecified atom stereocenters. The highest BCUT2D eigenvalue weighted by molar-refractivity contribution is 5.33. The van der Waals surface area contributed by atoms with Gasteiger partial charge in [-0.2, -0.15) is 5.43 Å². The Morgan fingerprint density at radius 1 is 0.750 bits per heavy atom. The summed E-state index contributed by atoms with van der Waals surface area (Å²) in [4.78, 5) is 0. The number of hydrogen-bond donors (Lipinski definition) is 0. The van der Waals surface area contributed by atoms with E-state index in [1.807, 2.05) is 6.07 Å². The minimum absolute atomic E-state index is 1.08. The van der Waals surface area contributed by atoms with Gasteiger partial charge in [0, 0.05) is 13.1 Å². The Bertz CT molecular complexity index is 298. The van der Waals surface area contributed by atoms with Gasteiger partial charge in [0.1, 0.15) is 0 Å². The van der Waals surface area contributed by atoms with Crippen molar-refractivity contribution in [3.63, 3.8) is 0 Å². The molecule has 0 N–H and O–H groups in total. The summed E-state index contributed by atoms with van der Waals surface area (Å²) in [7, 11) is 0. The molecule has 0 saturated heterocycles. The van der Waals surface area contributed by atoms with Crippen molar-refractivity contribution in [1.29, 1.82) is 0 Å². The highest BCUT2D eigenvalue weighted by atomic mass is 15.5. The first-order chi connectivity index (χ1) is 9.86. The Hall–Kier alpha value is -1.02. The Kier molecular flexibility index (Phi) is 10.0. The summed E-state index contributed by atoms with van der Waals surface area (Å²) in [5.41, 5.74) is 5.87. The van der Waals surface area contributed by atoms with Crippen LogP contribution in [-0.2, 0) is 0 Å². The zero-order valence-corrected chi connectivity index (χ0v) is 13.4. The van der Waals surface area contributed by atoms with Gasteiger partial charge in [0.2, 0.25) is 0 Å². The third-order valence-electron chi connectivity index (χ3n) is 3.55. The van der Waals surface area contributed by atoms with Crippen LogP contribution in [0.25, 0.3) is 0 Å². The first-order valence-electron chi connectivity index (χ1n) is 8.38. The Morgan fingerprint density at radius 2 is 1.30 bits per heavy atom. The van der Waals surface area contributed by atoms with E-state index in [0.717, 1.165) is 18.8 Å². The fraction of sp³-hybridized carbons (Fsp3) is 0.667. The molecule has 0 spiro atoms. The Balaban J connectivity index is 2.33. The van der Waals surface area contributed by atoms with Gasteiger partial charge in [0.15, 0.2) is 0 Å². The quantitative estimate of drug-likeness (QED) is 0.374. The van der Waals surface area contributed by atoms with Gasteiger partial charge in [-0.25, -0.2) is 5.01 Å². The molecule has 0 aliphatic carbocycles. The number of benzene rings is 1. The van der Waals surface area contributed by atoms with Crippen LogP contribution in [-0.4, -0.2) is 18.1 Å². The molecule has 0 aliphatic heterocycles. The van der Waals surface area contributed by atoms with Crippen molar-refractivity contribution in [2.75, 3.05) is 13.1 Å². The molecule has 20 heavy (non-hydrogen) atoms. The maximum absolute atomic E-state index is 4.79. The van der Waals surface area contributed by atoms with Crippen LogP contribution in [0.5, 0.6) is 0 Å². The van der Waals surface area contributed by atoms with Crippen LogP contribution >= 0.6 is 0 Å². The van der Waals surface area contributed by atoms with Gasteiger partial charge in [-0.3, -0.25) is 0 Å². The lowest BCUT2D eigenvalue weighted by Crippen LogP contribution is -2.31. The summed E-state index contributed by atoms with van der Waals surface area (Å²) in [6, 6.07) is 10.3. The van der Waals surface area contributed by atoms with Crippen molar-refractivity contribution in [2.45, 2.75) is 65.2 Å². The summed E-state index contributed by atoms with van der Waals surface area (Å²) in [6.45, 7) is 6.72. The topological polar surface area (TPSA) is 17.3 Å². The minimum Gasteiger partial charge on any atom is -0.200 e. The van der Waals surface area contributed by atoms with E-state index in [1.165, 1.54) is 51.4 Å². The van der Waals surface area contributed by atoms with Crippen molar-refractivity contribution in [3.8, 4) is 0 Å². The molecule has 2 nitrogen and oxygen atoms in total. The molecule has 1 aromatic rings. The summed E-state index contributed by atoms with van der Waals surface area (Å²) < 4.78 is 0. The smallest absolute Gasteiger partial charge is 0.0776 e. The standard InChI is InChI=1S/C18H31N2/c1-3-5-7-12-16-20(17-13-8-6-4-2)19-18-14-10-9-11-15-18/h9-11,14-15H,3-8,12-13,16-17H2,1-2H3. The van der Waals surface area contributed by atoms with Crippen LogP contribution in [0.15, 0.2) is 30.3 Å². The molecular formula is C18H31N2. The van der Waals surface area contributed by atoms with Crippen LogP contribution in [0.1, 0.15) is 65.2 Å². The van der Waals surface area contributed by atoms with Crippen LogP contribution in [0.2, 0.25) is 0 Å². The van der Waals surface area contributed by atoms with Gasteiger partial charge in [-0.1, -0.05) is 70.6 Å². The largest absolute Gasteiger partial charge is 0.200 e. The molecule has 0 fully saturated rings. The maximum Gasteiger partial charge on any atom is 0.0776 e. The third kappa shape index (κ3) is 8.21. The van der Waals surface area contributed by atoms with Gasteiger partial charge in [0.05, 0.1) is 5.69 Å². The second-order valence-corrected chi connectivity index (χ2v) is 5.51. The molecule has 0 bridgehead atoms. The summed E-state index contributed by atoms with van der Waals surface area (Å²) in [5, 5.41) is 2.28. The van der Waals surface area contributed by atoms with Crippen LogP contribution < -0.4 is 5.43 Å². The number of rotatable bonds is 12. The van der Waals surface area contributed by atoms with E-state index in [1.54, 1.807) is 0 Å². The molecule has 1 radical (unpaired) electrons. The maximum atomic E-state index is 4.79. The van der Waals surface area contributed by atoms with Gasteiger partial charge < -0.3 is 0 Å². The molecule has 0 saturated carbocycles. The molecule has 113 valence electrons. The van der Waals surface area contributed by atoms with E-state index in [2.05, 4.69) is 43.1 Å². The summed E-state index contributed by atoms with van der Waals surface area (Å²) >= 11 is 0. The highest BCUT2D eigenvalue weighted by Gasteiger charge is 2.06. The van der Waals surface area contributed by atoms with Crippen LogP contribution in [0, 0.1) is 0 Å². The van der Waals surface area contributed by atoms with E-state index in [4.69, 9.17) is 5.43 Å². The van der Waals surface area contributed by atoms with Gasteiger partial charge >= 0.3 is 0 Å². The highest BCUT2D eigenvalue weighted by Crippen LogP contribution is 2.10. The molecule has 0 heterocycles. The molecule has 1 rings (SSSR count). The first-order valence-corrected chi connectivity index (χ1v) is 8.38. The lowest BCUT2D eigenvalue weighted by molar-refractivity contribution is 0.209. The second-order valence-electron chi connectivity index (χ2n) is 5.51. The van der Waals surface area contributed by atoms with Crippen molar-refractivity contribution < 1.29 is 0 Å². The fourth-order valence-corrected chi connectivity index (χ4v) is 2.31. The van der Waals surface area contributed by atoms with E-state index >= 15 is 0 Å². The SMILES string of the molecule is CCCCCCN(CCCCCC)[N]c1ccccc1. The predicted molar refractivity (Wildman–Crippen MR) is 88.1 cm³/mol. The molecule has 1 aromatic carbocycles. The molecule has 0 aromatic heterocycles. The molecule has 0 amide bonds. The average Bonchev–Trinajstić information content (AvgIpc) is 2.49. The second kappa shape index (κ2) is 11.8. The third-order valence-corrected chi connectivity index (χ3v) is 3.55. The van der Waals surface area contributed by atoms with E-state index < -0.39 is 0 Å². The van der Waals surface area contributed by atoms with Crippen molar-refractivity contribution in [1.82, 2.24) is 10.4 Å². The van der Waals surface area contributed by atoms with Crippen molar-refractivity contribution in [2.24, 2.45) is 0 Å². The van der Waals surface area contributed by atoms with Crippen LogP contribution in [0.3, 0.4) is 0 Å². The lowest BCUT2D eigenvalue weighted by atomic mass is 10.2. The van der Waals surface area contributed by atoms with E-state index in [9.17, 15) is 0 Å². The van der Waals surface area contributed by atoms with Gasteiger partial charge in [-0.15, -0.1) is 0 Å². The Labute approximate surface area is 125 Å². The summed E-state index contributed by atoms with van der Waals surface area (Å²) in [5.74, 6) is 0. The van der Waals surface area contributed by atoms with Gasteiger partial charge in [0.25, 0.3) is 0 Å². The summed E-state index contributed by atoms with van der Waals surface area (Å²) in [6.07, 6.45) is 10.5. The number of hydrogen-bond acceptors (Lipinski definition) is 1. The number of nitrogens with zero attached hydrogens (tertiary/aromatic N) is 2. The number of unbranched alkanes of at least 4 members (excludes halogenated alkanes) is 6. The molecule has 0 aliphatic rings. The first kappa shape index (κ1) is 17.0. The van der Waals surface area contributed by atoms with E-state index in [-0.39, 0.29) is 0 Å². The fourth-order valence-electron chi connectivity index (χ4n) is 2.31. The van der Waals surface area contributed by atoms with E-state index in [0.29, 0.717) is 0 Å². The Morgan fingerprint density at radius 3 is 1.80 bits per heavy atom. The minimum atomic E-state index is 1.08. The molecular weight excluding hydrogens is 244 g/mol. The van der Waals surface area contributed by atoms with Gasteiger partial charge in [-0.05, 0) is 25.0 Å². The monoisotopic (exact) mass is 275 g/mol. The molecule has 0 atom stereocenters. The van der Waals surface area contributed by atoms with Crippen molar-refractivity contribution >= 4 is 5.69 Å².